The lowest BCUT2D eigenvalue weighted by Gasteiger charge is -1.97. The molecular weight excluding hydrogens is 212 g/mol. The van der Waals surface area contributed by atoms with Crippen LogP contribution in [0, 0.1) is 0 Å². The van der Waals surface area contributed by atoms with E-state index >= 15 is 0 Å². The lowest BCUT2D eigenvalue weighted by atomic mass is 10.3. The highest BCUT2D eigenvalue weighted by molar-refractivity contribution is 8.21. The molecule has 1 saturated heterocycles. The Labute approximate surface area is 71.7 Å². The summed E-state index contributed by atoms with van der Waals surface area (Å²) in [6.45, 7) is 0. The van der Waals surface area contributed by atoms with Crippen molar-refractivity contribution < 1.29 is 18.0 Å². The Hall–Kier alpha value is -0.0700. The van der Waals surface area contributed by atoms with Crippen molar-refractivity contribution in [3.8, 4) is 0 Å². The molecule has 1 unspecified atom stereocenters. The normalized spacial score (nSPS) is 26.1. The van der Waals surface area contributed by atoms with Gasteiger partial charge in [-0.25, -0.2) is 8.42 Å². The minimum Gasteiger partial charge on any atom is -0.297 e. The van der Waals surface area contributed by atoms with Gasteiger partial charge in [0.05, 0.1) is 5.75 Å². The number of hydrogen-bond acceptors (Lipinski definition) is 5. The van der Waals surface area contributed by atoms with Crippen LogP contribution in [0.1, 0.15) is 0 Å². The summed E-state index contributed by atoms with van der Waals surface area (Å²) in [4.78, 5) is 21.4. The summed E-state index contributed by atoms with van der Waals surface area (Å²) >= 11 is 0.688. The molecule has 4 nitrogen and oxygen atoms in total. The second-order valence-electron chi connectivity index (χ2n) is 1.93. The highest BCUT2D eigenvalue weighted by Crippen LogP contribution is 2.24. The van der Waals surface area contributed by atoms with Crippen LogP contribution in [0.4, 0.5) is 0 Å². The lowest BCUT2D eigenvalue weighted by Crippen LogP contribution is -2.28. The zero-order valence-electron chi connectivity index (χ0n) is 5.11. The Bertz CT molecular complexity index is 290. The molecule has 0 aromatic heterocycles. The molecule has 0 aromatic carbocycles. The maximum Gasteiger partial charge on any atom is 0.250 e. The average Bonchev–Trinajstić information content (AvgIpc) is 2.08. The minimum absolute atomic E-state index is 0.0878. The molecule has 0 radical (unpaired) electrons. The summed E-state index contributed by atoms with van der Waals surface area (Å²) in [5.41, 5.74) is 0. The van der Waals surface area contributed by atoms with E-state index in [1.54, 1.807) is 0 Å². The maximum absolute atomic E-state index is 10.7. The van der Waals surface area contributed by atoms with Crippen LogP contribution in [0.15, 0.2) is 0 Å². The third-order valence-electron chi connectivity index (χ3n) is 1.14. The van der Waals surface area contributed by atoms with Crippen LogP contribution < -0.4 is 0 Å². The van der Waals surface area contributed by atoms with E-state index in [2.05, 4.69) is 0 Å². The van der Waals surface area contributed by atoms with Crippen LogP contribution in [0.2, 0.25) is 0 Å². The van der Waals surface area contributed by atoms with E-state index in [1.165, 1.54) is 0 Å². The molecule has 7 heteroatoms. The van der Waals surface area contributed by atoms with E-state index in [4.69, 9.17) is 10.7 Å². The van der Waals surface area contributed by atoms with Gasteiger partial charge in [0.15, 0.2) is 5.78 Å². The van der Waals surface area contributed by atoms with Gasteiger partial charge >= 0.3 is 0 Å². The molecule has 0 bridgehead atoms. The molecule has 11 heavy (non-hydrogen) atoms. The van der Waals surface area contributed by atoms with Gasteiger partial charge in [-0.3, -0.25) is 9.59 Å². The first-order valence-electron chi connectivity index (χ1n) is 2.56. The van der Waals surface area contributed by atoms with Crippen molar-refractivity contribution in [2.45, 2.75) is 5.25 Å². The molecule has 1 rings (SSSR count). The third-order valence-corrected chi connectivity index (χ3v) is 3.82. The Morgan fingerprint density at radius 2 is 2.00 bits per heavy atom. The number of hydrogen-bond donors (Lipinski definition) is 0. The molecule has 0 spiro atoms. The molecule has 62 valence electrons. The number of thioether (sulfide) groups is 1. The topological polar surface area (TPSA) is 68.3 Å². The van der Waals surface area contributed by atoms with E-state index in [0.717, 1.165) is 0 Å². The smallest absolute Gasteiger partial charge is 0.250 e. The first-order valence-corrected chi connectivity index (χ1v) is 5.91. The minimum atomic E-state index is -4.05. The quantitative estimate of drug-likeness (QED) is 0.445. The van der Waals surface area contributed by atoms with E-state index in [0.29, 0.717) is 11.8 Å². The fraction of sp³-hybridized carbons (Fsp3) is 0.500. The largest absolute Gasteiger partial charge is 0.297 e. The highest BCUT2D eigenvalue weighted by atomic mass is 35.7. The van der Waals surface area contributed by atoms with Crippen LogP contribution in [0.5, 0.6) is 0 Å². The van der Waals surface area contributed by atoms with Gasteiger partial charge in [-0.15, -0.1) is 0 Å². The summed E-state index contributed by atoms with van der Waals surface area (Å²) < 4.78 is 21.1. The Morgan fingerprint density at radius 3 is 2.18 bits per heavy atom. The molecule has 1 atom stereocenters. The molecule has 1 aliphatic heterocycles. The summed E-state index contributed by atoms with van der Waals surface area (Å²) in [5.74, 6) is -0.717. The molecule has 1 aliphatic rings. The zero-order chi connectivity index (χ0) is 8.65. The molecular formula is C4H3ClO4S2. The van der Waals surface area contributed by atoms with E-state index < -0.39 is 25.2 Å². The molecule has 0 aromatic rings. The fourth-order valence-electron chi connectivity index (χ4n) is 0.697. The van der Waals surface area contributed by atoms with Crippen molar-refractivity contribution in [1.82, 2.24) is 0 Å². The maximum atomic E-state index is 10.7. The summed E-state index contributed by atoms with van der Waals surface area (Å²) in [6, 6.07) is 0. The van der Waals surface area contributed by atoms with Crippen LogP contribution in [-0.4, -0.2) is 30.3 Å². The summed E-state index contributed by atoms with van der Waals surface area (Å²) in [6.07, 6.45) is 0. The van der Waals surface area contributed by atoms with Crippen LogP contribution in [-0.2, 0) is 18.6 Å². The molecule has 0 aliphatic carbocycles. The lowest BCUT2D eigenvalue weighted by molar-refractivity contribution is -0.119. The van der Waals surface area contributed by atoms with E-state index in [1.807, 2.05) is 0 Å². The van der Waals surface area contributed by atoms with Crippen molar-refractivity contribution in [2.24, 2.45) is 0 Å². The van der Waals surface area contributed by atoms with Gasteiger partial charge in [-0.2, -0.15) is 0 Å². The van der Waals surface area contributed by atoms with Gasteiger partial charge in [0.1, 0.15) is 0 Å². The highest BCUT2D eigenvalue weighted by Gasteiger charge is 2.43. The van der Waals surface area contributed by atoms with Crippen molar-refractivity contribution in [2.75, 3.05) is 5.75 Å². The SMILES string of the molecule is O=C1CSC(=O)C1S(=O)(=O)Cl. The number of rotatable bonds is 1. The fourth-order valence-corrected chi connectivity index (χ4v) is 3.45. The van der Waals surface area contributed by atoms with Gasteiger partial charge in [0.25, 0.3) is 9.05 Å². The van der Waals surface area contributed by atoms with Crippen LogP contribution >= 0.6 is 22.4 Å². The molecule has 0 saturated carbocycles. The van der Waals surface area contributed by atoms with Gasteiger partial charge in [-0.05, 0) is 0 Å². The van der Waals surface area contributed by atoms with Gasteiger partial charge < -0.3 is 0 Å². The Balaban J connectivity index is 3.05. The number of carbonyl (C=O) groups is 2. The predicted molar refractivity (Wildman–Crippen MR) is 41.0 cm³/mol. The number of halogens is 1. The van der Waals surface area contributed by atoms with Crippen LogP contribution in [0.25, 0.3) is 0 Å². The first kappa shape index (κ1) is 9.02. The van der Waals surface area contributed by atoms with Gasteiger partial charge in [0, 0.05) is 10.7 Å². The van der Waals surface area contributed by atoms with Crippen LogP contribution in [0.3, 0.4) is 0 Å². The van der Waals surface area contributed by atoms with Crippen molar-refractivity contribution in [1.29, 1.82) is 0 Å². The molecule has 0 N–H and O–H groups in total. The molecule has 0 amide bonds. The summed E-state index contributed by atoms with van der Waals surface area (Å²) in [7, 11) is 0.798. The standard InChI is InChI=1S/C4H3ClO4S2/c5-11(8,9)3-2(6)1-10-4(3)7/h3H,1H2. The number of Topliss-reactive ketones (excluding diaryl/α,β-unsaturated/α-hetero) is 1. The molecule has 1 heterocycles. The second kappa shape index (κ2) is 2.76. The zero-order valence-corrected chi connectivity index (χ0v) is 7.50. The first-order chi connectivity index (χ1) is 4.93. The van der Waals surface area contributed by atoms with Crippen molar-refractivity contribution >= 4 is 42.4 Å². The van der Waals surface area contributed by atoms with Gasteiger partial charge in [-0.1, -0.05) is 11.8 Å². The van der Waals surface area contributed by atoms with Gasteiger partial charge in [0.2, 0.25) is 10.4 Å². The monoisotopic (exact) mass is 214 g/mol. The Kier molecular flexibility index (Phi) is 2.27. The summed E-state index contributed by atoms with van der Waals surface area (Å²) in [5, 5.41) is -2.31. The third kappa shape index (κ3) is 1.74. The van der Waals surface area contributed by atoms with E-state index in [9.17, 15) is 18.0 Å². The number of carbonyl (C=O) groups excluding carboxylic acids is 2. The second-order valence-corrected chi connectivity index (χ2v) is 5.62. The van der Waals surface area contributed by atoms with Crippen molar-refractivity contribution in [3.05, 3.63) is 0 Å². The average molecular weight is 215 g/mol. The molecule has 1 fully saturated rings. The number of ketones is 1. The van der Waals surface area contributed by atoms with Crippen molar-refractivity contribution in [3.63, 3.8) is 0 Å². The van der Waals surface area contributed by atoms with E-state index in [-0.39, 0.29) is 5.75 Å². The Morgan fingerprint density at radius 1 is 1.45 bits per heavy atom. The predicted octanol–water partition coefficient (Wildman–Crippen LogP) is -0.234.